The van der Waals surface area contributed by atoms with Crippen LogP contribution in [0.5, 0.6) is 0 Å². The Morgan fingerprint density at radius 3 is 2.36 bits per heavy atom. The molecule has 0 aliphatic carbocycles. The van der Waals surface area contributed by atoms with Crippen molar-refractivity contribution in [1.29, 1.82) is 5.41 Å². The van der Waals surface area contributed by atoms with E-state index < -0.39 is 5.83 Å². The van der Waals surface area contributed by atoms with Crippen LogP contribution in [-0.2, 0) is 4.79 Å². The Balaban J connectivity index is 4.62. The van der Waals surface area contributed by atoms with E-state index in [2.05, 4.69) is 0 Å². The van der Waals surface area contributed by atoms with Crippen molar-refractivity contribution in [3.63, 3.8) is 0 Å². The monoisotopic (exact) mass is 155 g/mol. The molecule has 0 aliphatic rings. The fraction of sp³-hybridized carbons (Fsp3) is 0.250. The average Bonchev–Trinajstić information content (AvgIpc) is 1.99. The van der Waals surface area contributed by atoms with Crippen LogP contribution < -0.4 is 0 Å². The number of nitrogens with one attached hydrogen (secondary N) is 1. The lowest BCUT2D eigenvalue weighted by Gasteiger charge is -1.92. The SMILES string of the molecule is C/C=C(F)\C=C(\C=O)C(C)=N. The van der Waals surface area contributed by atoms with Crippen LogP contribution in [0.1, 0.15) is 13.8 Å². The minimum Gasteiger partial charge on any atom is -0.305 e. The first-order valence-electron chi connectivity index (χ1n) is 3.16. The van der Waals surface area contributed by atoms with Crippen LogP contribution in [0.3, 0.4) is 0 Å². The summed E-state index contributed by atoms with van der Waals surface area (Å²) in [6.45, 7) is 2.96. The van der Waals surface area contributed by atoms with Gasteiger partial charge in [0, 0.05) is 11.3 Å². The van der Waals surface area contributed by atoms with Crippen molar-refractivity contribution in [1.82, 2.24) is 0 Å². The second-order valence-corrected chi connectivity index (χ2v) is 2.02. The number of carbonyl (C=O) groups excluding carboxylic acids is 1. The first-order chi connectivity index (χ1) is 5.11. The molecule has 0 rings (SSSR count). The van der Waals surface area contributed by atoms with E-state index in [0.717, 1.165) is 6.08 Å². The smallest absolute Gasteiger partial charge is 0.151 e. The highest BCUT2D eigenvalue weighted by atomic mass is 19.1. The van der Waals surface area contributed by atoms with Crippen molar-refractivity contribution in [3.8, 4) is 0 Å². The molecule has 3 heteroatoms. The van der Waals surface area contributed by atoms with E-state index in [9.17, 15) is 9.18 Å². The van der Waals surface area contributed by atoms with Gasteiger partial charge in [-0.05, 0) is 19.9 Å². The molecular formula is C8H10FNO. The van der Waals surface area contributed by atoms with Gasteiger partial charge < -0.3 is 5.41 Å². The third-order valence-electron chi connectivity index (χ3n) is 1.13. The molecule has 0 fully saturated rings. The molecule has 0 atom stereocenters. The van der Waals surface area contributed by atoms with Gasteiger partial charge in [-0.1, -0.05) is 6.08 Å². The molecule has 2 nitrogen and oxygen atoms in total. The summed E-state index contributed by atoms with van der Waals surface area (Å²) in [6.07, 6.45) is 2.73. The standard InChI is InChI=1S/C8H10FNO/c1-3-8(9)4-7(5-11)6(2)10/h3-5,10H,1-2H3/b7-4-,8-3+,10-6?. The van der Waals surface area contributed by atoms with Crippen LogP contribution in [0, 0.1) is 5.41 Å². The fourth-order valence-corrected chi connectivity index (χ4v) is 0.463. The van der Waals surface area contributed by atoms with Gasteiger partial charge in [0.25, 0.3) is 0 Å². The molecule has 60 valence electrons. The van der Waals surface area contributed by atoms with E-state index in [1.54, 1.807) is 0 Å². The molecule has 0 aromatic carbocycles. The Morgan fingerprint density at radius 1 is 1.55 bits per heavy atom. The first kappa shape index (κ1) is 9.75. The summed E-state index contributed by atoms with van der Waals surface area (Å²) < 4.78 is 12.5. The number of aldehydes is 1. The second-order valence-electron chi connectivity index (χ2n) is 2.02. The van der Waals surface area contributed by atoms with Gasteiger partial charge in [-0.15, -0.1) is 0 Å². The number of rotatable bonds is 3. The molecular weight excluding hydrogens is 145 g/mol. The van der Waals surface area contributed by atoms with Crippen molar-refractivity contribution >= 4 is 12.0 Å². The maximum atomic E-state index is 12.5. The van der Waals surface area contributed by atoms with E-state index in [1.165, 1.54) is 19.9 Å². The van der Waals surface area contributed by atoms with Gasteiger partial charge in [-0.2, -0.15) is 0 Å². The number of allylic oxidation sites excluding steroid dienone is 4. The molecule has 0 aromatic heterocycles. The summed E-state index contributed by atoms with van der Waals surface area (Å²) in [7, 11) is 0. The molecule has 0 aromatic rings. The van der Waals surface area contributed by atoms with Crippen LogP contribution in [0.25, 0.3) is 0 Å². The van der Waals surface area contributed by atoms with Gasteiger partial charge in [0.05, 0.1) is 0 Å². The number of hydrogen-bond acceptors (Lipinski definition) is 2. The summed E-state index contributed by atoms with van der Waals surface area (Å²) in [5, 5.41) is 7.03. The third kappa shape index (κ3) is 3.45. The Hall–Kier alpha value is -1.25. The Bertz CT molecular complexity index is 228. The maximum Gasteiger partial charge on any atom is 0.151 e. The van der Waals surface area contributed by atoms with E-state index in [1.807, 2.05) is 0 Å². The fourth-order valence-electron chi connectivity index (χ4n) is 0.463. The van der Waals surface area contributed by atoms with Gasteiger partial charge in [0.2, 0.25) is 0 Å². The minimum absolute atomic E-state index is 0.0667. The molecule has 0 amide bonds. The molecule has 0 spiro atoms. The van der Waals surface area contributed by atoms with Crippen LogP contribution >= 0.6 is 0 Å². The van der Waals surface area contributed by atoms with Crippen molar-refractivity contribution in [2.75, 3.05) is 0 Å². The second kappa shape index (κ2) is 4.55. The molecule has 11 heavy (non-hydrogen) atoms. The van der Waals surface area contributed by atoms with Gasteiger partial charge >= 0.3 is 0 Å². The summed E-state index contributed by atoms with van der Waals surface area (Å²) in [4.78, 5) is 10.2. The third-order valence-corrected chi connectivity index (χ3v) is 1.13. The van der Waals surface area contributed by atoms with Crippen molar-refractivity contribution < 1.29 is 9.18 Å². The predicted octanol–water partition coefficient (Wildman–Crippen LogP) is 2.02. The van der Waals surface area contributed by atoms with Crippen molar-refractivity contribution in [3.05, 3.63) is 23.6 Å². The van der Waals surface area contributed by atoms with E-state index in [-0.39, 0.29) is 11.3 Å². The number of halogens is 1. The van der Waals surface area contributed by atoms with Crippen molar-refractivity contribution in [2.45, 2.75) is 13.8 Å². The summed E-state index contributed by atoms with van der Waals surface area (Å²) >= 11 is 0. The highest BCUT2D eigenvalue weighted by molar-refractivity contribution is 6.12. The van der Waals surface area contributed by atoms with Crippen LogP contribution in [0.2, 0.25) is 0 Å². The molecule has 0 heterocycles. The summed E-state index contributed by atoms with van der Waals surface area (Å²) in [5.74, 6) is -0.501. The zero-order valence-corrected chi connectivity index (χ0v) is 6.52. The average molecular weight is 155 g/mol. The lowest BCUT2D eigenvalue weighted by molar-refractivity contribution is -0.104. The van der Waals surface area contributed by atoms with Crippen molar-refractivity contribution in [2.24, 2.45) is 0 Å². The van der Waals surface area contributed by atoms with E-state index in [0.29, 0.717) is 6.29 Å². The summed E-state index contributed by atoms with van der Waals surface area (Å²) in [6, 6.07) is 0. The Morgan fingerprint density at radius 2 is 2.09 bits per heavy atom. The highest BCUT2D eigenvalue weighted by Crippen LogP contribution is 2.02. The van der Waals surface area contributed by atoms with E-state index in [4.69, 9.17) is 5.41 Å². The molecule has 0 radical (unpaired) electrons. The maximum absolute atomic E-state index is 12.5. The molecule has 0 aliphatic heterocycles. The molecule has 0 unspecified atom stereocenters. The zero-order valence-electron chi connectivity index (χ0n) is 6.52. The predicted molar refractivity (Wildman–Crippen MR) is 42.4 cm³/mol. The molecule has 0 saturated carbocycles. The lowest BCUT2D eigenvalue weighted by atomic mass is 10.2. The zero-order chi connectivity index (χ0) is 8.85. The van der Waals surface area contributed by atoms with Gasteiger partial charge in [-0.25, -0.2) is 4.39 Å². The number of hydrogen-bond donors (Lipinski definition) is 1. The Kier molecular flexibility index (Phi) is 4.03. The topological polar surface area (TPSA) is 40.9 Å². The lowest BCUT2D eigenvalue weighted by Crippen LogP contribution is -1.96. The summed E-state index contributed by atoms with van der Waals surface area (Å²) in [5.41, 5.74) is 0.137. The minimum atomic E-state index is -0.501. The highest BCUT2D eigenvalue weighted by Gasteiger charge is 1.98. The van der Waals surface area contributed by atoms with Crippen LogP contribution in [0.4, 0.5) is 4.39 Å². The van der Waals surface area contributed by atoms with Gasteiger partial charge in [0.1, 0.15) is 5.83 Å². The van der Waals surface area contributed by atoms with Gasteiger partial charge in [-0.3, -0.25) is 4.79 Å². The van der Waals surface area contributed by atoms with Crippen LogP contribution in [-0.4, -0.2) is 12.0 Å². The number of carbonyl (C=O) groups is 1. The molecule has 0 saturated heterocycles. The van der Waals surface area contributed by atoms with Crippen LogP contribution in [0.15, 0.2) is 23.6 Å². The first-order valence-corrected chi connectivity index (χ1v) is 3.16. The van der Waals surface area contributed by atoms with E-state index >= 15 is 0 Å². The largest absolute Gasteiger partial charge is 0.305 e. The normalized spacial score (nSPS) is 13.0. The molecule has 1 N–H and O–H groups in total. The van der Waals surface area contributed by atoms with Gasteiger partial charge in [0.15, 0.2) is 6.29 Å². The molecule has 0 bridgehead atoms. The Labute approximate surface area is 64.9 Å². The quantitative estimate of drug-likeness (QED) is 0.288.